The number of halogens is 3. The van der Waals surface area contributed by atoms with Crippen molar-refractivity contribution in [2.45, 2.75) is 6.54 Å². The molecular weight excluding hydrogens is 458 g/mol. The molecule has 1 saturated heterocycles. The van der Waals surface area contributed by atoms with E-state index in [-0.39, 0.29) is 33.6 Å². The summed E-state index contributed by atoms with van der Waals surface area (Å²) in [7, 11) is 0. The van der Waals surface area contributed by atoms with E-state index < -0.39 is 35.0 Å². The Morgan fingerprint density at radius 2 is 1.97 bits per heavy atom. The molecule has 12 heteroatoms. The Morgan fingerprint density at radius 1 is 1.23 bits per heavy atom. The Hall–Kier alpha value is -2.69. The molecule has 0 atom stereocenters. The second-order valence-corrected chi connectivity index (χ2v) is 7.75. The first-order valence-electron chi connectivity index (χ1n) is 8.45. The quantitative estimate of drug-likeness (QED) is 0.650. The zero-order valence-corrected chi connectivity index (χ0v) is 17.4. The fourth-order valence-corrected chi connectivity index (χ4v) is 3.61. The summed E-state index contributed by atoms with van der Waals surface area (Å²) in [6.07, 6.45) is 2.45. The number of amides is 3. The molecule has 1 aliphatic rings. The van der Waals surface area contributed by atoms with Crippen LogP contribution < -0.4 is 10.9 Å². The Morgan fingerprint density at radius 3 is 2.70 bits per heavy atom. The Bertz CT molecular complexity index is 1120. The van der Waals surface area contributed by atoms with E-state index in [1.54, 1.807) is 6.07 Å². The minimum absolute atomic E-state index is 0.0267. The highest BCUT2D eigenvalue weighted by Crippen LogP contribution is 2.32. The van der Waals surface area contributed by atoms with Crippen LogP contribution in [0.5, 0.6) is 0 Å². The van der Waals surface area contributed by atoms with Gasteiger partial charge in [0.15, 0.2) is 0 Å². The van der Waals surface area contributed by atoms with Gasteiger partial charge in [-0.3, -0.25) is 24.1 Å². The maximum absolute atomic E-state index is 13.8. The molecule has 0 unspecified atom stereocenters. The van der Waals surface area contributed by atoms with E-state index in [1.807, 2.05) is 0 Å². The van der Waals surface area contributed by atoms with Gasteiger partial charge in [0, 0.05) is 18.7 Å². The molecule has 3 rings (SSSR count). The molecule has 1 aromatic carbocycles. The molecule has 1 aromatic heterocycles. The van der Waals surface area contributed by atoms with Gasteiger partial charge < -0.3 is 5.32 Å². The molecule has 0 radical (unpaired) electrons. The van der Waals surface area contributed by atoms with E-state index in [1.165, 1.54) is 24.3 Å². The summed E-state index contributed by atoms with van der Waals surface area (Å²) in [6.45, 7) is -0.542. The maximum Gasteiger partial charge on any atom is 0.293 e. The maximum atomic E-state index is 13.8. The van der Waals surface area contributed by atoms with Crippen molar-refractivity contribution >= 4 is 58.1 Å². The van der Waals surface area contributed by atoms with Gasteiger partial charge in [0.05, 0.1) is 16.1 Å². The largest absolute Gasteiger partial charge is 0.353 e. The summed E-state index contributed by atoms with van der Waals surface area (Å²) in [6, 6.07) is 5.87. The summed E-state index contributed by atoms with van der Waals surface area (Å²) in [5, 5.41) is 5.39. The minimum atomic E-state index is -0.719. The van der Waals surface area contributed by atoms with Gasteiger partial charge in [-0.05, 0) is 23.9 Å². The highest BCUT2D eigenvalue weighted by molar-refractivity contribution is 8.18. The van der Waals surface area contributed by atoms with Crippen LogP contribution in [0.2, 0.25) is 10.0 Å². The Labute approximate surface area is 183 Å². The lowest BCUT2D eigenvalue weighted by atomic mass is 10.2. The van der Waals surface area contributed by atoms with Crippen LogP contribution in [0, 0.1) is 5.82 Å². The molecular formula is C18H13Cl2FN4O4S. The van der Waals surface area contributed by atoms with Crippen molar-refractivity contribution in [2.75, 3.05) is 13.1 Å². The third-order valence-corrected chi connectivity index (χ3v) is 5.61. The number of aromatic nitrogens is 2. The molecule has 30 heavy (non-hydrogen) atoms. The zero-order valence-electron chi connectivity index (χ0n) is 15.1. The first-order chi connectivity index (χ1) is 14.3. The van der Waals surface area contributed by atoms with Crippen molar-refractivity contribution < 1.29 is 18.8 Å². The predicted molar refractivity (Wildman–Crippen MR) is 111 cm³/mol. The SMILES string of the molecule is O=C(Cn1ncc(Cl)c(Cl)c1=O)NCCN1C(=O)S/C(=C\c2ccccc2F)C1=O. The number of imide groups is 1. The number of nitrogens with zero attached hydrogens (tertiary/aromatic N) is 3. The van der Waals surface area contributed by atoms with Crippen LogP contribution >= 0.6 is 35.0 Å². The molecule has 0 bridgehead atoms. The molecule has 0 spiro atoms. The zero-order chi connectivity index (χ0) is 21.8. The van der Waals surface area contributed by atoms with Gasteiger partial charge in [0.1, 0.15) is 17.4 Å². The van der Waals surface area contributed by atoms with Crippen LogP contribution in [-0.4, -0.2) is 44.8 Å². The van der Waals surface area contributed by atoms with Crippen LogP contribution in [-0.2, 0) is 16.1 Å². The van der Waals surface area contributed by atoms with Gasteiger partial charge in [0.2, 0.25) is 5.91 Å². The first-order valence-corrected chi connectivity index (χ1v) is 10.0. The molecule has 2 heterocycles. The van der Waals surface area contributed by atoms with Crippen molar-refractivity contribution in [3.05, 3.63) is 67.1 Å². The third kappa shape index (κ3) is 4.89. The van der Waals surface area contributed by atoms with E-state index >= 15 is 0 Å². The van der Waals surface area contributed by atoms with E-state index in [0.29, 0.717) is 11.8 Å². The van der Waals surface area contributed by atoms with Gasteiger partial charge in [-0.1, -0.05) is 41.4 Å². The van der Waals surface area contributed by atoms with Gasteiger partial charge in [-0.15, -0.1) is 0 Å². The monoisotopic (exact) mass is 470 g/mol. The highest BCUT2D eigenvalue weighted by atomic mass is 35.5. The summed E-state index contributed by atoms with van der Waals surface area (Å²) in [4.78, 5) is 49.4. The molecule has 2 aromatic rings. The summed E-state index contributed by atoms with van der Waals surface area (Å²) >= 11 is 12.1. The fraction of sp³-hybridized carbons (Fsp3) is 0.167. The number of carbonyl (C=O) groups excluding carboxylic acids is 3. The normalized spacial score (nSPS) is 15.2. The molecule has 1 N–H and O–H groups in total. The van der Waals surface area contributed by atoms with Crippen LogP contribution in [0.3, 0.4) is 0 Å². The highest BCUT2D eigenvalue weighted by Gasteiger charge is 2.34. The van der Waals surface area contributed by atoms with E-state index in [9.17, 15) is 23.6 Å². The van der Waals surface area contributed by atoms with Crippen molar-refractivity contribution in [3.63, 3.8) is 0 Å². The van der Waals surface area contributed by atoms with Crippen LogP contribution in [0.15, 0.2) is 40.2 Å². The molecule has 3 amide bonds. The van der Waals surface area contributed by atoms with E-state index in [2.05, 4.69) is 10.4 Å². The molecule has 1 aliphatic heterocycles. The lowest BCUT2D eigenvalue weighted by Gasteiger charge is -2.13. The Kier molecular flexibility index (Phi) is 6.91. The van der Waals surface area contributed by atoms with Crippen molar-refractivity contribution in [3.8, 4) is 0 Å². The molecule has 8 nitrogen and oxygen atoms in total. The second-order valence-electron chi connectivity index (χ2n) is 5.97. The van der Waals surface area contributed by atoms with E-state index in [4.69, 9.17) is 23.2 Å². The lowest BCUT2D eigenvalue weighted by molar-refractivity contribution is -0.124. The topological polar surface area (TPSA) is 101 Å². The van der Waals surface area contributed by atoms with Crippen molar-refractivity contribution in [2.24, 2.45) is 0 Å². The third-order valence-electron chi connectivity index (χ3n) is 3.96. The summed E-state index contributed by atoms with van der Waals surface area (Å²) in [5.41, 5.74) is -0.528. The average molecular weight is 471 g/mol. The average Bonchev–Trinajstić information content (AvgIpc) is 2.97. The number of hydrogen-bond donors (Lipinski definition) is 1. The summed E-state index contributed by atoms with van der Waals surface area (Å²) < 4.78 is 14.6. The number of benzene rings is 1. The Balaban J connectivity index is 1.57. The second kappa shape index (κ2) is 9.41. The molecule has 156 valence electrons. The predicted octanol–water partition coefficient (Wildman–Crippen LogP) is 2.54. The van der Waals surface area contributed by atoms with Crippen molar-refractivity contribution in [1.82, 2.24) is 20.0 Å². The summed E-state index contributed by atoms with van der Waals surface area (Å²) in [5.74, 6) is -1.66. The number of thioether (sulfide) groups is 1. The number of nitrogens with one attached hydrogen (secondary N) is 1. The standard InChI is InChI=1S/C18H13Cl2FN4O4S/c19-11-8-23-25(17(28)15(11)20)9-14(26)22-5-6-24-16(27)13(30-18(24)29)7-10-3-1-2-4-12(10)21/h1-4,7-8H,5-6,9H2,(H,22,26)/b13-7-. The van der Waals surface area contributed by atoms with Crippen LogP contribution in [0.1, 0.15) is 5.56 Å². The van der Waals surface area contributed by atoms with Gasteiger partial charge in [-0.25, -0.2) is 9.07 Å². The van der Waals surface area contributed by atoms with Gasteiger partial charge in [0.25, 0.3) is 16.7 Å². The molecule has 0 saturated carbocycles. The molecule has 0 aliphatic carbocycles. The van der Waals surface area contributed by atoms with Gasteiger partial charge >= 0.3 is 0 Å². The van der Waals surface area contributed by atoms with Gasteiger partial charge in [-0.2, -0.15) is 5.10 Å². The number of carbonyl (C=O) groups is 3. The number of hydrogen-bond acceptors (Lipinski definition) is 6. The van der Waals surface area contributed by atoms with Crippen LogP contribution in [0.4, 0.5) is 9.18 Å². The van der Waals surface area contributed by atoms with Crippen molar-refractivity contribution in [1.29, 1.82) is 0 Å². The smallest absolute Gasteiger partial charge is 0.293 e. The first kappa shape index (κ1) is 22.0. The molecule has 1 fully saturated rings. The van der Waals surface area contributed by atoms with Crippen LogP contribution in [0.25, 0.3) is 6.08 Å². The fourth-order valence-electron chi connectivity index (χ4n) is 2.48. The lowest BCUT2D eigenvalue weighted by Crippen LogP contribution is -2.39. The van der Waals surface area contributed by atoms with E-state index in [0.717, 1.165) is 15.8 Å². The minimum Gasteiger partial charge on any atom is -0.353 e. The number of rotatable bonds is 6.